The summed E-state index contributed by atoms with van der Waals surface area (Å²) in [6.45, 7) is 0. The number of anilines is 1. The van der Waals surface area contributed by atoms with E-state index in [0.29, 0.717) is 21.1 Å². The largest absolute Gasteiger partial charge is 0.449 e. The molecule has 0 unspecified atom stereocenters. The van der Waals surface area contributed by atoms with E-state index < -0.39 is 11.3 Å². The highest BCUT2D eigenvalue weighted by molar-refractivity contribution is 7.98. The summed E-state index contributed by atoms with van der Waals surface area (Å²) in [6, 6.07) is 13.9. The van der Waals surface area contributed by atoms with Gasteiger partial charge in [-0.15, -0.1) is 0 Å². The number of carbonyl (C=O) groups excluding carboxylic acids is 1. The third-order valence-corrected chi connectivity index (χ3v) is 5.97. The van der Waals surface area contributed by atoms with E-state index in [1.165, 1.54) is 23.9 Å². The summed E-state index contributed by atoms with van der Waals surface area (Å²) in [5, 5.41) is 4.10. The molecule has 0 aliphatic heterocycles. The van der Waals surface area contributed by atoms with Gasteiger partial charge in [-0.2, -0.15) is 9.36 Å². The minimum absolute atomic E-state index is 0.102. The lowest BCUT2D eigenvalue weighted by Gasteiger charge is -2.04. The van der Waals surface area contributed by atoms with Gasteiger partial charge in [-0.1, -0.05) is 65.3 Å². The lowest BCUT2D eigenvalue weighted by molar-refractivity contribution is 0.0997. The van der Waals surface area contributed by atoms with Crippen LogP contribution in [0.2, 0.25) is 10.0 Å². The van der Waals surface area contributed by atoms with Crippen LogP contribution in [0.25, 0.3) is 11.0 Å². The minimum Gasteiger partial charge on any atom is -0.449 e. The number of hydrogen-bond acceptors (Lipinski definition) is 7. The molecule has 0 aliphatic rings. The molecule has 146 valence electrons. The summed E-state index contributed by atoms with van der Waals surface area (Å²) in [5.74, 6) is -0.0860. The molecule has 0 saturated heterocycles. The Morgan fingerprint density at radius 3 is 2.76 bits per heavy atom. The summed E-state index contributed by atoms with van der Waals surface area (Å²) < 4.78 is 9.74. The van der Waals surface area contributed by atoms with E-state index in [-0.39, 0.29) is 21.8 Å². The first kappa shape index (κ1) is 19.9. The number of fused-ring (bicyclic) bond motifs is 1. The molecule has 0 atom stereocenters. The third kappa shape index (κ3) is 4.62. The molecule has 1 amide bonds. The smallest absolute Gasteiger partial charge is 0.293 e. The molecule has 2 aromatic carbocycles. The number of rotatable bonds is 5. The van der Waals surface area contributed by atoms with Gasteiger partial charge in [-0.3, -0.25) is 14.9 Å². The predicted octanol–water partition coefficient (Wildman–Crippen LogP) is 5.50. The fourth-order valence-electron chi connectivity index (χ4n) is 2.50. The molecule has 29 heavy (non-hydrogen) atoms. The van der Waals surface area contributed by atoms with Gasteiger partial charge >= 0.3 is 0 Å². The molecule has 4 aromatic rings. The standard InChI is InChI=1S/C19H11Cl2N3O3S2/c20-11-6-12-14(25)8-15(27-16(12)13(21)7-11)17(26)22-18-23-19(24-29-18)28-9-10-4-2-1-3-5-10/h1-8H,9H2,(H,22,23,24,26). The average molecular weight is 464 g/mol. The zero-order valence-corrected chi connectivity index (χ0v) is 17.7. The Morgan fingerprint density at radius 1 is 1.17 bits per heavy atom. The van der Waals surface area contributed by atoms with Gasteiger partial charge in [0, 0.05) is 28.4 Å². The monoisotopic (exact) mass is 463 g/mol. The maximum Gasteiger partial charge on any atom is 0.293 e. The first-order chi connectivity index (χ1) is 14.0. The van der Waals surface area contributed by atoms with Crippen LogP contribution in [0.15, 0.2) is 62.9 Å². The van der Waals surface area contributed by atoms with Crippen molar-refractivity contribution in [1.29, 1.82) is 0 Å². The highest BCUT2D eigenvalue weighted by atomic mass is 35.5. The van der Waals surface area contributed by atoms with E-state index in [1.807, 2.05) is 30.3 Å². The van der Waals surface area contributed by atoms with Crippen molar-refractivity contribution in [2.45, 2.75) is 10.9 Å². The fourth-order valence-corrected chi connectivity index (χ4v) is 4.52. The zero-order chi connectivity index (χ0) is 20.4. The third-order valence-electron chi connectivity index (χ3n) is 3.81. The normalized spacial score (nSPS) is 11.0. The van der Waals surface area contributed by atoms with E-state index in [2.05, 4.69) is 14.7 Å². The maximum absolute atomic E-state index is 12.5. The van der Waals surface area contributed by atoms with E-state index >= 15 is 0 Å². The van der Waals surface area contributed by atoms with Gasteiger partial charge in [0.05, 0.1) is 10.4 Å². The Balaban J connectivity index is 1.50. The number of amides is 1. The van der Waals surface area contributed by atoms with Crippen molar-refractivity contribution >= 4 is 68.5 Å². The van der Waals surface area contributed by atoms with Crippen molar-refractivity contribution in [3.05, 3.63) is 80.1 Å². The second kappa shape index (κ2) is 8.54. The molecule has 2 heterocycles. The number of carbonyl (C=O) groups is 1. The molecule has 2 aromatic heterocycles. The number of hydrogen-bond donors (Lipinski definition) is 1. The van der Waals surface area contributed by atoms with Crippen molar-refractivity contribution < 1.29 is 9.21 Å². The SMILES string of the molecule is O=C(Nc1nc(SCc2ccccc2)ns1)c1cc(=O)c2cc(Cl)cc(Cl)c2o1. The number of nitrogens with one attached hydrogen (secondary N) is 1. The van der Waals surface area contributed by atoms with Gasteiger partial charge in [0.15, 0.2) is 16.8 Å². The molecule has 0 radical (unpaired) electrons. The number of halogens is 2. The van der Waals surface area contributed by atoms with Crippen LogP contribution in [0.4, 0.5) is 5.13 Å². The van der Waals surface area contributed by atoms with Gasteiger partial charge in [0.25, 0.3) is 5.91 Å². The van der Waals surface area contributed by atoms with E-state index in [1.54, 1.807) is 0 Å². The van der Waals surface area contributed by atoms with Gasteiger partial charge in [-0.05, 0) is 17.7 Å². The molecule has 0 bridgehead atoms. The summed E-state index contributed by atoms with van der Waals surface area (Å²) in [5.41, 5.74) is 0.829. The van der Waals surface area contributed by atoms with Crippen LogP contribution in [0.5, 0.6) is 0 Å². The van der Waals surface area contributed by atoms with Gasteiger partial charge in [-0.25, -0.2) is 0 Å². The van der Waals surface area contributed by atoms with Crippen LogP contribution in [-0.2, 0) is 5.75 Å². The Kier molecular flexibility index (Phi) is 5.86. The van der Waals surface area contributed by atoms with Crippen LogP contribution < -0.4 is 10.7 Å². The van der Waals surface area contributed by atoms with Crippen molar-refractivity contribution in [2.75, 3.05) is 5.32 Å². The maximum atomic E-state index is 12.5. The van der Waals surface area contributed by atoms with Crippen molar-refractivity contribution in [2.24, 2.45) is 0 Å². The van der Waals surface area contributed by atoms with Gasteiger partial charge < -0.3 is 4.42 Å². The van der Waals surface area contributed by atoms with E-state index in [9.17, 15) is 9.59 Å². The number of thioether (sulfide) groups is 1. The molecule has 1 N–H and O–H groups in total. The van der Waals surface area contributed by atoms with Crippen LogP contribution in [0, 0.1) is 0 Å². The summed E-state index contributed by atoms with van der Waals surface area (Å²) in [4.78, 5) is 29.1. The lowest BCUT2D eigenvalue weighted by atomic mass is 10.2. The van der Waals surface area contributed by atoms with E-state index in [0.717, 1.165) is 23.2 Å². The number of benzene rings is 2. The second-order valence-corrected chi connectivity index (χ2v) is 8.39. The molecule has 0 aliphatic carbocycles. The molecular weight excluding hydrogens is 453 g/mol. The zero-order valence-electron chi connectivity index (χ0n) is 14.5. The number of nitrogens with zero attached hydrogens (tertiary/aromatic N) is 2. The fraction of sp³-hybridized carbons (Fsp3) is 0.0526. The molecule has 4 rings (SSSR count). The lowest BCUT2D eigenvalue weighted by Crippen LogP contribution is -2.15. The van der Waals surface area contributed by atoms with Crippen molar-refractivity contribution in [1.82, 2.24) is 9.36 Å². The Bertz CT molecular complexity index is 1260. The molecule has 6 nitrogen and oxygen atoms in total. The highest BCUT2D eigenvalue weighted by Gasteiger charge is 2.17. The van der Waals surface area contributed by atoms with Crippen molar-refractivity contribution in [3.8, 4) is 0 Å². The topological polar surface area (TPSA) is 85.1 Å². The summed E-state index contributed by atoms with van der Waals surface area (Å²) >= 11 is 14.5. The minimum atomic E-state index is -0.620. The van der Waals surface area contributed by atoms with Gasteiger partial charge in [0.2, 0.25) is 10.3 Å². The second-order valence-electron chi connectivity index (χ2n) is 5.85. The molecule has 0 spiro atoms. The Labute approximate surface area is 183 Å². The summed E-state index contributed by atoms with van der Waals surface area (Å²) in [6.07, 6.45) is 0. The molecular formula is C19H11Cl2N3O3S2. The van der Waals surface area contributed by atoms with Crippen LogP contribution in [-0.4, -0.2) is 15.3 Å². The predicted molar refractivity (Wildman–Crippen MR) is 116 cm³/mol. The number of aromatic nitrogens is 2. The van der Waals surface area contributed by atoms with Crippen LogP contribution in [0.3, 0.4) is 0 Å². The first-order valence-corrected chi connectivity index (χ1v) is 10.8. The van der Waals surface area contributed by atoms with Crippen molar-refractivity contribution in [3.63, 3.8) is 0 Å². The Morgan fingerprint density at radius 2 is 1.97 bits per heavy atom. The highest BCUT2D eigenvalue weighted by Crippen LogP contribution is 2.27. The van der Waals surface area contributed by atoms with Gasteiger partial charge in [0.1, 0.15) is 0 Å². The summed E-state index contributed by atoms with van der Waals surface area (Å²) in [7, 11) is 0. The first-order valence-electron chi connectivity index (χ1n) is 8.24. The molecule has 10 heteroatoms. The van der Waals surface area contributed by atoms with Crippen LogP contribution >= 0.6 is 46.5 Å². The quantitative estimate of drug-likeness (QED) is 0.393. The molecule has 0 fully saturated rings. The molecule has 0 saturated carbocycles. The Hall–Kier alpha value is -2.39. The van der Waals surface area contributed by atoms with Crippen LogP contribution in [0.1, 0.15) is 16.1 Å². The van der Waals surface area contributed by atoms with E-state index in [4.69, 9.17) is 27.6 Å². The average Bonchev–Trinajstić information content (AvgIpc) is 3.15.